The number of likely N-dealkylation sites (tertiary alicyclic amines) is 1. The van der Waals surface area contributed by atoms with E-state index in [0.717, 1.165) is 35.7 Å². The zero-order valence-corrected chi connectivity index (χ0v) is 36.3. The highest BCUT2D eigenvalue weighted by Crippen LogP contribution is 2.42. The van der Waals surface area contributed by atoms with E-state index in [1.54, 1.807) is 11.1 Å². The second-order valence-electron chi connectivity index (χ2n) is 17.6. The van der Waals surface area contributed by atoms with Gasteiger partial charge in [-0.25, -0.2) is 15.8 Å². The minimum Gasteiger partial charge on any atom is -0.462 e. The maximum absolute atomic E-state index is 17.4. The molecule has 2 aromatic heterocycles. The van der Waals surface area contributed by atoms with Crippen LogP contribution in [-0.4, -0.2) is 103 Å². The number of hydrogen-bond acceptors (Lipinski definition) is 8. The van der Waals surface area contributed by atoms with Crippen LogP contribution < -0.4 is 9.64 Å². The van der Waals surface area contributed by atoms with Crippen LogP contribution in [0.5, 0.6) is 6.01 Å². The van der Waals surface area contributed by atoms with Crippen LogP contribution in [0.15, 0.2) is 42.6 Å². The fraction of sp³-hybridized carbons (Fsp3) is 0.533. The quantitative estimate of drug-likeness (QED) is 0.0942. The van der Waals surface area contributed by atoms with Crippen molar-refractivity contribution in [2.45, 2.75) is 109 Å². The summed E-state index contributed by atoms with van der Waals surface area (Å²) in [6.07, 6.45) is 3.25. The lowest BCUT2D eigenvalue weighted by molar-refractivity contribution is 0.0155. The Bertz CT molecular complexity index is 2190. The second-order valence-corrected chi connectivity index (χ2v) is 23.2. The molecule has 10 nitrogen and oxygen atoms in total. The third-order valence-electron chi connectivity index (χ3n) is 11.9. The average Bonchev–Trinajstić information content (AvgIpc) is 3.57. The number of amides is 1. The summed E-state index contributed by atoms with van der Waals surface area (Å²) in [7, 11) is 0.0166. The van der Waals surface area contributed by atoms with Gasteiger partial charge in [0.2, 0.25) is 6.54 Å². The molecule has 4 heterocycles. The number of rotatable bonds is 9. The number of pyridine rings is 1. The first-order valence-corrected chi connectivity index (χ1v) is 22.6. The van der Waals surface area contributed by atoms with Crippen LogP contribution in [0.25, 0.3) is 37.8 Å². The molecule has 2 atom stereocenters. The molecule has 2 aliphatic heterocycles. The van der Waals surface area contributed by atoms with Gasteiger partial charge in [-0.2, -0.15) is 9.97 Å². The Morgan fingerprint density at radius 1 is 1.02 bits per heavy atom. The molecular weight excluding hydrogens is 734 g/mol. The number of hydrogen-bond donors (Lipinski definition) is 0. The summed E-state index contributed by atoms with van der Waals surface area (Å²) in [5, 5.41) is 2.23. The van der Waals surface area contributed by atoms with Crippen LogP contribution in [0.3, 0.4) is 0 Å². The molecule has 12 heteroatoms. The number of aromatic nitrogens is 3. The lowest BCUT2D eigenvalue weighted by Gasteiger charge is -2.40. The van der Waals surface area contributed by atoms with Crippen molar-refractivity contribution in [1.29, 1.82) is 0 Å². The van der Waals surface area contributed by atoms with Gasteiger partial charge in [0.1, 0.15) is 43.4 Å². The van der Waals surface area contributed by atoms with Crippen molar-refractivity contribution in [2.24, 2.45) is 0 Å². The van der Waals surface area contributed by atoms with Gasteiger partial charge in [-0.1, -0.05) is 77.8 Å². The lowest BCUT2D eigenvalue weighted by atomic mass is 9.96. The molecule has 2 aromatic carbocycles. The molecule has 0 saturated carbocycles. The summed E-state index contributed by atoms with van der Waals surface area (Å²) in [6, 6.07) is 11.7. The van der Waals surface area contributed by atoms with E-state index in [9.17, 15) is 4.79 Å². The summed E-state index contributed by atoms with van der Waals surface area (Å²) in [5.74, 6) is 3.51. The molecule has 2 aliphatic rings. The SMILES string of the molecule is [C-]#[N+]C[C@H]1CN(c2nc(OC[C@@H]3CCCN3C)nc3c(F)c(-c4cccc5cccc(C#C[Si](C(C)C)(C(C)C)C(C)C)c45)ncc23)CCN1C(=O)OC(C)(C)C. The Morgan fingerprint density at radius 3 is 2.35 bits per heavy atom. The smallest absolute Gasteiger partial charge is 0.410 e. The molecule has 0 unspecified atom stereocenters. The highest BCUT2D eigenvalue weighted by molar-refractivity contribution is 6.90. The molecule has 2 fully saturated rings. The second kappa shape index (κ2) is 17.0. The van der Waals surface area contributed by atoms with Crippen LogP contribution >= 0.6 is 0 Å². The zero-order chi connectivity index (χ0) is 41.2. The fourth-order valence-corrected chi connectivity index (χ4v) is 14.2. The Kier molecular flexibility index (Phi) is 12.5. The molecule has 0 spiro atoms. The fourth-order valence-electron chi connectivity index (χ4n) is 9.00. The monoisotopic (exact) mass is 791 g/mol. The molecule has 0 aliphatic carbocycles. The molecule has 0 radical (unpaired) electrons. The number of carbonyl (C=O) groups excluding carboxylic acids is 1. The van der Waals surface area contributed by atoms with E-state index in [1.165, 1.54) is 0 Å². The van der Waals surface area contributed by atoms with E-state index < -0.39 is 31.6 Å². The topological polar surface area (TPSA) is 88.3 Å². The molecule has 4 aromatic rings. The molecule has 2 saturated heterocycles. The maximum atomic E-state index is 17.4. The lowest BCUT2D eigenvalue weighted by Crippen LogP contribution is -2.57. The van der Waals surface area contributed by atoms with Crippen molar-refractivity contribution in [3.05, 3.63) is 65.4 Å². The van der Waals surface area contributed by atoms with Crippen LogP contribution in [0.4, 0.5) is 15.0 Å². The van der Waals surface area contributed by atoms with Crippen LogP contribution in [0.1, 0.15) is 80.7 Å². The summed E-state index contributed by atoms with van der Waals surface area (Å²) in [4.78, 5) is 37.1. The third-order valence-corrected chi connectivity index (χ3v) is 18.2. The van der Waals surface area contributed by atoms with Gasteiger partial charge in [0.15, 0.2) is 5.82 Å². The normalized spacial score (nSPS) is 18.1. The first kappa shape index (κ1) is 41.8. The standard InChI is InChI=1S/C45H58FN7O3Si/c1-29(2)57(30(3)4,31(5)6)24-20-33-16-12-15-32-17-13-19-36(38(32)33)40-39(46)41-37(26-48-40)42(50-43(49-41)55-28-34-18-14-21-51(34)11)52-22-23-53(35(27-52)25-47-10)44(54)56-45(7,8)9/h12-13,15-17,19,26,29-31,34-35H,14,18,21-23,25,27-28H2,1-9,11H3/t34-,35-/m0/s1. The Labute approximate surface area is 339 Å². The van der Waals surface area contributed by atoms with Crippen molar-refractivity contribution in [3.63, 3.8) is 0 Å². The van der Waals surface area contributed by atoms with Crippen molar-refractivity contribution < 1.29 is 18.7 Å². The summed E-state index contributed by atoms with van der Waals surface area (Å²) in [6.45, 7) is 29.3. The minimum absolute atomic E-state index is 0.0759. The van der Waals surface area contributed by atoms with E-state index in [4.69, 9.17) is 31.0 Å². The number of carbonyl (C=O) groups is 1. The predicted octanol–water partition coefficient (Wildman–Crippen LogP) is 9.37. The molecule has 6 rings (SSSR count). The number of halogens is 1. The van der Waals surface area contributed by atoms with Crippen molar-refractivity contribution in [3.8, 4) is 28.7 Å². The van der Waals surface area contributed by atoms with Gasteiger partial charge in [0.25, 0.3) is 0 Å². The number of fused-ring (bicyclic) bond motifs is 2. The minimum atomic E-state index is -2.06. The summed E-state index contributed by atoms with van der Waals surface area (Å²) < 4.78 is 29.4. The van der Waals surface area contributed by atoms with E-state index in [2.05, 4.69) is 69.8 Å². The number of benzene rings is 2. The summed E-state index contributed by atoms with van der Waals surface area (Å²) >= 11 is 0. The largest absolute Gasteiger partial charge is 0.462 e. The number of piperazine rings is 1. The predicted molar refractivity (Wildman–Crippen MR) is 230 cm³/mol. The number of likely N-dealkylation sites (N-methyl/N-ethyl adjacent to an activating group) is 1. The van der Waals surface area contributed by atoms with Crippen LogP contribution in [0, 0.1) is 23.9 Å². The first-order chi connectivity index (χ1) is 27.0. The van der Waals surface area contributed by atoms with Gasteiger partial charge >= 0.3 is 12.1 Å². The molecule has 0 N–H and O–H groups in total. The molecule has 302 valence electrons. The average molecular weight is 792 g/mol. The molecule has 0 bridgehead atoms. The third kappa shape index (κ3) is 8.58. The van der Waals surface area contributed by atoms with E-state index in [0.29, 0.717) is 59.6 Å². The van der Waals surface area contributed by atoms with Crippen LogP contribution in [0.2, 0.25) is 16.6 Å². The number of anilines is 1. The van der Waals surface area contributed by atoms with Crippen LogP contribution in [-0.2, 0) is 4.74 Å². The Morgan fingerprint density at radius 2 is 1.72 bits per heavy atom. The molecular formula is C45H58FN7O3Si. The Hall–Kier alpha value is -4.78. The van der Waals surface area contributed by atoms with Crippen molar-refractivity contribution in [2.75, 3.05) is 51.3 Å². The van der Waals surface area contributed by atoms with Gasteiger partial charge in [-0.15, -0.1) is 5.54 Å². The van der Waals surface area contributed by atoms with E-state index in [-0.39, 0.29) is 29.8 Å². The van der Waals surface area contributed by atoms with Gasteiger partial charge in [-0.05, 0) is 75.3 Å². The van der Waals surface area contributed by atoms with Crippen molar-refractivity contribution >= 4 is 41.7 Å². The first-order valence-electron chi connectivity index (χ1n) is 20.4. The number of ether oxygens (including phenoxy) is 2. The summed E-state index contributed by atoms with van der Waals surface area (Å²) in [5.41, 5.74) is 6.36. The van der Waals surface area contributed by atoms with Gasteiger partial charge in [0, 0.05) is 48.4 Å². The van der Waals surface area contributed by atoms with Gasteiger partial charge in [-0.3, -0.25) is 9.88 Å². The van der Waals surface area contributed by atoms with Gasteiger partial charge in [0.05, 0.1) is 5.39 Å². The molecule has 57 heavy (non-hydrogen) atoms. The highest BCUT2D eigenvalue weighted by atomic mass is 28.3. The zero-order valence-electron chi connectivity index (χ0n) is 35.3. The van der Waals surface area contributed by atoms with Gasteiger partial charge < -0.3 is 24.1 Å². The van der Waals surface area contributed by atoms with Crippen molar-refractivity contribution in [1.82, 2.24) is 24.8 Å². The molecule has 1 amide bonds. The Balaban J connectivity index is 1.47. The number of nitrogens with zero attached hydrogens (tertiary/aromatic N) is 7. The van der Waals surface area contributed by atoms with E-state index >= 15 is 4.39 Å². The maximum Gasteiger partial charge on any atom is 0.410 e. The highest BCUT2D eigenvalue weighted by Gasteiger charge is 2.42. The van der Waals surface area contributed by atoms with E-state index in [1.807, 2.05) is 62.1 Å².